The molecule has 9 nitrogen and oxygen atoms in total. The fraction of sp³-hybridized carbons (Fsp3) is 0.318. The van der Waals surface area contributed by atoms with Crippen molar-refractivity contribution in [3.63, 3.8) is 0 Å². The Morgan fingerprint density at radius 3 is 2.32 bits per heavy atom. The molecule has 2 N–H and O–H groups in total. The summed E-state index contributed by atoms with van der Waals surface area (Å²) >= 11 is 0. The first-order chi connectivity index (χ1) is 15.0. The Morgan fingerprint density at radius 2 is 1.61 bits per heavy atom. The highest BCUT2D eigenvalue weighted by molar-refractivity contribution is 5.97. The van der Waals surface area contributed by atoms with Gasteiger partial charge in [-0.25, -0.2) is 4.79 Å². The fourth-order valence-electron chi connectivity index (χ4n) is 2.36. The van der Waals surface area contributed by atoms with Crippen LogP contribution in [0.1, 0.15) is 34.1 Å². The fourth-order valence-corrected chi connectivity index (χ4v) is 2.36. The van der Waals surface area contributed by atoms with Crippen molar-refractivity contribution >= 4 is 17.8 Å². The number of hydrazine groups is 1. The van der Waals surface area contributed by atoms with E-state index in [1.807, 2.05) is 6.92 Å². The topological polar surface area (TPSA) is 112 Å². The van der Waals surface area contributed by atoms with Gasteiger partial charge >= 0.3 is 5.97 Å². The summed E-state index contributed by atoms with van der Waals surface area (Å²) in [5.74, 6) is -0.736. The Hall–Kier alpha value is -3.59. The van der Waals surface area contributed by atoms with Gasteiger partial charge in [0.25, 0.3) is 11.8 Å². The molecule has 0 radical (unpaired) electrons. The van der Waals surface area contributed by atoms with E-state index in [2.05, 4.69) is 10.9 Å². The van der Waals surface area contributed by atoms with E-state index in [9.17, 15) is 14.4 Å². The molecule has 0 atom stereocenters. The predicted octanol–water partition coefficient (Wildman–Crippen LogP) is 2.12. The van der Waals surface area contributed by atoms with Crippen LogP contribution in [0.25, 0.3) is 0 Å². The molecule has 2 amide bonds. The van der Waals surface area contributed by atoms with Crippen LogP contribution in [0, 0.1) is 0 Å². The highest BCUT2D eigenvalue weighted by Gasteiger charge is 2.13. The van der Waals surface area contributed by atoms with Crippen LogP contribution in [0.4, 0.5) is 0 Å². The third-order valence-corrected chi connectivity index (χ3v) is 3.89. The second-order valence-corrected chi connectivity index (χ2v) is 6.29. The number of nitrogens with one attached hydrogen (secondary N) is 2. The standard InChI is InChI=1S/C22H26N2O7/c1-3-12-30-22(27)16-8-10-17(11-9-16)31-15-20(25)23-24-21(26)18-6-4-5-7-19(18)29-14-13-28-2/h4-11H,3,12-15H2,1-2H3,(H,23,25)(H,24,26). The van der Waals surface area contributed by atoms with Crippen molar-refractivity contribution in [1.82, 2.24) is 10.9 Å². The quantitative estimate of drug-likeness (QED) is 0.319. The summed E-state index contributed by atoms with van der Waals surface area (Å²) in [4.78, 5) is 36.1. The summed E-state index contributed by atoms with van der Waals surface area (Å²) < 4.78 is 20.8. The molecule has 0 unspecified atom stereocenters. The number of methoxy groups -OCH3 is 1. The van der Waals surface area contributed by atoms with Crippen LogP contribution in [0.15, 0.2) is 48.5 Å². The maximum Gasteiger partial charge on any atom is 0.338 e. The molecule has 2 aromatic carbocycles. The number of carbonyl (C=O) groups excluding carboxylic acids is 3. The predicted molar refractivity (Wildman–Crippen MR) is 112 cm³/mol. The second kappa shape index (κ2) is 12.9. The second-order valence-electron chi connectivity index (χ2n) is 6.29. The zero-order chi connectivity index (χ0) is 22.5. The summed E-state index contributed by atoms with van der Waals surface area (Å²) in [6, 6.07) is 12.9. The van der Waals surface area contributed by atoms with Crippen molar-refractivity contribution in [2.45, 2.75) is 13.3 Å². The smallest absolute Gasteiger partial charge is 0.338 e. The van der Waals surface area contributed by atoms with E-state index < -0.39 is 17.8 Å². The van der Waals surface area contributed by atoms with E-state index in [-0.39, 0.29) is 18.8 Å². The molecule has 2 aromatic rings. The van der Waals surface area contributed by atoms with Crippen LogP contribution in [-0.4, -0.2) is 51.3 Å². The first-order valence-electron chi connectivity index (χ1n) is 9.75. The molecule has 0 fully saturated rings. The van der Waals surface area contributed by atoms with E-state index in [1.54, 1.807) is 55.6 Å². The Labute approximate surface area is 180 Å². The van der Waals surface area contributed by atoms with Crippen LogP contribution in [0.5, 0.6) is 11.5 Å². The van der Waals surface area contributed by atoms with Crippen molar-refractivity contribution in [3.8, 4) is 11.5 Å². The van der Waals surface area contributed by atoms with Gasteiger partial charge in [-0.15, -0.1) is 0 Å². The van der Waals surface area contributed by atoms with Crippen molar-refractivity contribution in [1.29, 1.82) is 0 Å². The number of benzene rings is 2. The normalized spacial score (nSPS) is 10.1. The minimum atomic E-state index is -0.558. The minimum Gasteiger partial charge on any atom is -0.490 e. The molecule has 0 spiro atoms. The third kappa shape index (κ3) is 7.98. The van der Waals surface area contributed by atoms with Gasteiger partial charge in [0, 0.05) is 7.11 Å². The van der Waals surface area contributed by atoms with Crippen LogP contribution in [-0.2, 0) is 14.3 Å². The average molecular weight is 430 g/mol. The van der Waals surface area contributed by atoms with Gasteiger partial charge in [-0.3, -0.25) is 20.4 Å². The highest BCUT2D eigenvalue weighted by atomic mass is 16.5. The van der Waals surface area contributed by atoms with Gasteiger partial charge in [0.05, 0.1) is 24.3 Å². The lowest BCUT2D eigenvalue weighted by molar-refractivity contribution is -0.123. The maximum atomic E-state index is 12.3. The molecule has 9 heteroatoms. The lowest BCUT2D eigenvalue weighted by Gasteiger charge is -2.12. The monoisotopic (exact) mass is 430 g/mol. The maximum absolute atomic E-state index is 12.3. The summed E-state index contributed by atoms with van der Waals surface area (Å²) in [6.45, 7) is 2.60. The molecule has 0 bridgehead atoms. The van der Waals surface area contributed by atoms with Crippen LogP contribution in [0.2, 0.25) is 0 Å². The Kier molecular flexibility index (Phi) is 9.83. The van der Waals surface area contributed by atoms with E-state index in [1.165, 1.54) is 0 Å². The van der Waals surface area contributed by atoms with Crippen molar-refractivity contribution in [2.24, 2.45) is 0 Å². The Balaban J connectivity index is 1.79. The summed E-state index contributed by atoms with van der Waals surface area (Å²) in [7, 11) is 1.55. The van der Waals surface area contributed by atoms with Crippen molar-refractivity contribution in [3.05, 3.63) is 59.7 Å². The van der Waals surface area contributed by atoms with Crippen LogP contribution >= 0.6 is 0 Å². The van der Waals surface area contributed by atoms with Gasteiger partial charge in [0.2, 0.25) is 0 Å². The molecule has 0 aromatic heterocycles. The molecule has 0 aliphatic heterocycles. The van der Waals surface area contributed by atoms with Gasteiger partial charge in [0.1, 0.15) is 18.1 Å². The van der Waals surface area contributed by atoms with Crippen LogP contribution in [0.3, 0.4) is 0 Å². The van der Waals surface area contributed by atoms with Gasteiger partial charge in [-0.05, 0) is 42.8 Å². The van der Waals surface area contributed by atoms with Gasteiger partial charge in [-0.1, -0.05) is 19.1 Å². The summed E-state index contributed by atoms with van der Waals surface area (Å²) in [5.41, 5.74) is 5.26. The van der Waals surface area contributed by atoms with E-state index >= 15 is 0 Å². The number of ether oxygens (including phenoxy) is 4. The lowest BCUT2D eigenvalue weighted by atomic mass is 10.2. The average Bonchev–Trinajstić information content (AvgIpc) is 2.80. The molecular formula is C22H26N2O7. The lowest BCUT2D eigenvalue weighted by Crippen LogP contribution is -2.43. The van der Waals surface area contributed by atoms with E-state index in [4.69, 9.17) is 18.9 Å². The van der Waals surface area contributed by atoms with Crippen molar-refractivity contribution < 1.29 is 33.3 Å². The van der Waals surface area contributed by atoms with Gasteiger partial charge in [-0.2, -0.15) is 0 Å². The molecule has 166 valence electrons. The van der Waals surface area contributed by atoms with Gasteiger partial charge in [0.15, 0.2) is 6.61 Å². The first-order valence-corrected chi connectivity index (χ1v) is 9.75. The minimum absolute atomic E-state index is 0.269. The summed E-state index contributed by atoms with van der Waals surface area (Å²) in [5, 5.41) is 0. The number of carbonyl (C=O) groups is 3. The molecule has 0 aliphatic carbocycles. The number of rotatable bonds is 11. The zero-order valence-electron chi connectivity index (χ0n) is 17.5. The molecule has 0 aliphatic rings. The Bertz CT molecular complexity index is 868. The zero-order valence-corrected chi connectivity index (χ0v) is 17.5. The summed E-state index contributed by atoms with van der Waals surface area (Å²) in [6.07, 6.45) is 0.741. The molecule has 0 saturated heterocycles. The number of hydrogen-bond donors (Lipinski definition) is 2. The molecule has 31 heavy (non-hydrogen) atoms. The number of esters is 1. The number of para-hydroxylation sites is 1. The number of hydrogen-bond acceptors (Lipinski definition) is 7. The van der Waals surface area contributed by atoms with Crippen molar-refractivity contribution in [2.75, 3.05) is 33.5 Å². The van der Waals surface area contributed by atoms with Crippen LogP contribution < -0.4 is 20.3 Å². The van der Waals surface area contributed by atoms with E-state index in [0.717, 1.165) is 6.42 Å². The van der Waals surface area contributed by atoms with Gasteiger partial charge < -0.3 is 18.9 Å². The SMILES string of the molecule is CCCOC(=O)c1ccc(OCC(=O)NNC(=O)c2ccccc2OCCOC)cc1. The highest BCUT2D eigenvalue weighted by Crippen LogP contribution is 2.17. The largest absolute Gasteiger partial charge is 0.490 e. The number of amides is 2. The third-order valence-electron chi connectivity index (χ3n) is 3.89. The molecule has 0 saturated carbocycles. The molecule has 2 rings (SSSR count). The first kappa shape index (κ1) is 23.7. The molecule has 0 heterocycles. The van der Waals surface area contributed by atoms with E-state index in [0.29, 0.717) is 30.3 Å². The molecular weight excluding hydrogens is 404 g/mol. The Morgan fingerprint density at radius 1 is 0.871 bits per heavy atom.